The summed E-state index contributed by atoms with van der Waals surface area (Å²) in [5.41, 5.74) is 1.75. The molecule has 13 heteroatoms. The van der Waals surface area contributed by atoms with Gasteiger partial charge in [0.1, 0.15) is 6.07 Å². The summed E-state index contributed by atoms with van der Waals surface area (Å²) in [6.45, 7) is -0.797. The second-order valence-electron chi connectivity index (χ2n) is 6.57. The molecule has 2 amide bonds. The number of amides is 2. The van der Waals surface area contributed by atoms with Crippen LogP contribution in [0, 0.1) is 11.3 Å². The Bertz CT molecular complexity index is 1320. The second kappa shape index (κ2) is 10.3. The number of carbonyl (C=O) groups excluding carboxylic acids is 2. The average Bonchev–Trinajstić information content (AvgIpc) is 3.25. The molecule has 1 aliphatic carbocycles. The van der Waals surface area contributed by atoms with E-state index in [1.54, 1.807) is 6.92 Å². The lowest BCUT2D eigenvalue weighted by molar-refractivity contribution is -0.114. The number of benzene rings is 1. The number of aromatic amines is 1. The van der Waals surface area contributed by atoms with Gasteiger partial charge in [-0.15, -0.1) is 5.10 Å². The molecule has 0 unspecified atom stereocenters. The number of halogens is 2. The van der Waals surface area contributed by atoms with E-state index in [2.05, 4.69) is 25.5 Å². The number of alkyl carbamates (subject to hydrolysis) is 1. The van der Waals surface area contributed by atoms with Gasteiger partial charge in [-0.25, -0.2) is 9.89 Å². The standard InChI is InChI=1S/C20H18Cl2N6O5/c1-3-32-20(31)24-17(29)14(8-23)26-25-10-6-12(21)16(13(22)7-10)33-19-11-5-4-9(2)15(11)18(30)27-28-19/h6-7,9,25H,3-5H2,1-2H3,(H,27,30)(H,24,29,31)/b26-14+/t9-/m1/s1/i2D3. The van der Waals surface area contributed by atoms with E-state index in [0.717, 1.165) is 0 Å². The highest BCUT2D eigenvalue weighted by Gasteiger charge is 2.27. The summed E-state index contributed by atoms with van der Waals surface area (Å²) >= 11 is 12.6. The van der Waals surface area contributed by atoms with Crippen LogP contribution in [0.25, 0.3) is 0 Å². The number of aromatic nitrogens is 2. The van der Waals surface area contributed by atoms with E-state index in [0.29, 0.717) is 5.56 Å². The van der Waals surface area contributed by atoms with Crippen molar-refractivity contribution in [1.29, 1.82) is 5.26 Å². The smallest absolute Gasteiger partial charge is 0.414 e. The number of nitrogens with one attached hydrogen (secondary N) is 3. The number of nitrogens with zero attached hydrogens (tertiary/aromatic N) is 3. The van der Waals surface area contributed by atoms with Crippen molar-refractivity contribution in [2.45, 2.75) is 32.5 Å². The van der Waals surface area contributed by atoms with Crippen molar-refractivity contribution in [2.24, 2.45) is 5.10 Å². The van der Waals surface area contributed by atoms with E-state index in [9.17, 15) is 14.4 Å². The number of anilines is 1. The quantitative estimate of drug-likeness (QED) is 0.405. The molecule has 33 heavy (non-hydrogen) atoms. The fraction of sp³-hybridized carbons (Fsp3) is 0.300. The number of imide groups is 1. The predicted octanol–water partition coefficient (Wildman–Crippen LogP) is 3.48. The van der Waals surface area contributed by atoms with Crippen molar-refractivity contribution in [1.82, 2.24) is 15.5 Å². The Morgan fingerprint density at radius 2 is 2.15 bits per heavy atom. The number of fused-ring (bicyclic) bond motifs is 1. The first-order valence-corrected chi connectivity index (χ1v) is 10.2. The zero-order valence-corrected chi connectivity index (χ0v) is 18.5. The van der Waals surface area contributed by atoms with Crippen LogP contribution in [-0.4, -0.2) is 34.5 Å². The van der Waals surface area contributed by atoms with Crippen LogP contribution in [-0.2, 0) is 16.0 Å². The van der Waals surface area contributed by atoms with E-state index in [1.165, 1.54) is 18.2 Å². The third-order valence-electron chi connectivity index (χ3n) is 4.42. The normalized spacial score (nSPS) is 16.5. The molecule has 1 aromatic heterocycles. The van der Waals surface area contributed by atoms with Crippen molar-refractivity contribution in [3.63, 3.8) is 0 Å². The molecular formula is C20H18Cl2N6O5. The van der Waals surface area contributed by atoms with Crippen LogP contribution in [0.3, 0.4) is 0 Å². The highest BCUT2D eigenvalue weighted by atomic mass is 35.5. The Balaban J connectivity index is 1.83. The molecule has 0 radical (unpaired) electrons. The summed E-state index contributed by atoms with van der Waals surface area (Å²) in [7, 11) is 0. The molecule has 0 aliphatic heterocycles. The van der Waals surface area contributed by atoms with Crippen molar-refractivity contribution in [2.75, 3.05) is 12.0 Å². The Labute approximate surface area is 201 Å². The fourth-order valence-corrected chi connectivity index (χ4v) is 3.56. The molecule has 1 aliphatic rings. The number of rotatable bonds is 6. The molecule has 0 fully saturated rings. The molecule has 0 spiro atoms. The van der Waals surface area contributed by atoms with Gasteiger partial charge in [0.2, 0.25) is 11.6 Å². The summed E-state index contributed by atoms with van der Waals surface area (Å²) < 4.78 is 33.4. The maximum absolute atomic E-state index is 12.3. The Kier molecular flexibility index (Phi) is 6.27. The first-order valence-electron chi connectivity index (χ1n) is 11.0. The minimum atomic E-state index is -2.37. The predicted molar refractivity (Wildman–Crippen MR) is 120 cm³/mol. The van der Waals surface area contributed by atoms with Gasteiger partial charge in [0.25, 0.3) is 11.5 Å². The summed E-state index contributed by atoms with van der Waals surface area (Å²) in [6.07, 6.45) is -0.547. The van der Waals surface area contributed by atoms with Crippen molar-refractivity contribution < 1.29 is 23.2 Å². The van der Waals surface area contributed by atoms with Gasteiger partial charge >= 0.3 is 6.09 Å². The maximum atomic E-state index is 12.3. The monoisotopic (exact) mass is 495 g/mol. The fourth-order valence-electron chi connectivity index (χ4n) is 2.99. The summed E-state index contributed by atoms with van der Waals surface area (Å²) in [5, 5.41) is 20.7. The van der Waals surface area contributed by atoms with Gasteiger partial charge in [-0.3, -0.25) is 20.3 Å². The molecule has 172 valence electrons. The number of hydrazone groups is 1. The second-order valence-corrected chi connectivity index (χ2v) is 7.39. The van der Waals surface area contributed by atoms with E-state index >= 15 is 0 Å². The van der Waals surface area contributed by atoms with Gasteiger partial charge in [-0.2, -0.15) is 10.4 Å². The Morgan fingerprint density at radius 3 is 2.79 bits per heavy atom. The lowest BCUT2D eigenvalue weighted by Crippen LogP contribution is -2.36. The number of H-pyrrole nitrogens is 1. The zero-order chi connectivity index (χ0) is 26.6. The SMILES string of the molecule is [2H]C([2H])([2H])[C@@H]1CCc2c(Oc3c(Cl)cc(N/N=C(\C#N)C(=O)NC(=O)OCC)cc3Cl)n[nH]c(=O)c21. The first kappa shape index (κ1) is 20.0. The molecule has 0 saturated heterocycles. The van der Waals surface area contributed by atoms with Crippen LogP contribution in [0.2, 0.25) is 10.0 Å². The lowest BCUT2D eigenvalue weighted by atomic mass is 10.1. The molecule has 0 saturated carbocycles. The minimum absolute atomic E-state index is 0.0261. The summed E-state index contributed by atoms with van der Waals surface area (Å²) in [5.74, 6) is -2.12. The lowest BCUT2D eigenvalue weighted by Gasteiger charge is -2.13. The van der Waals surface area contributed by atoms with Crippen LogP contribution in [0.15, 0.2) is 22.0 Å². The van der Waals surface area contributed by atoms with Crippen LogP contribution >= 0.6 is 23.2 Å². The van der Waals surface area contributed by atoms with Gasteiger partial charge < -0.3 is 9.47 Å². The van der Waals surface area contributed by atoms with E-state index in [1.807, 2.05) is 5.32 Å². The van der Waals surface area contributed by atoms with Crippen LogP contribution in [0.1, 0.15) is 41.4 Å². The molecule has 3 rings (SSSR count). The number of ether oxygens (including phenoxy) is 2. The van der Waals surface area contributed by atoms with E-state index in [4.69, 9.17) is 37.3 Å². The number of hydrogen-bond donors (Lipinski definition) is 3. The van der Waals surface area contributed by atoms with Crippen molar-refractivity contribution >= 4 is 46.6 Å². The summed E-state index contributed by atoms with van der Waals surface area (Å²) in [6, 6.07) is 4.18. The van der Waals surface area contributed by atoms with E-state index in [-0.39, 0.29) is 52.4 Å². The van der Waals surface area contributed by atoms with Crippen LogP contribution in [0.5, 0.6) is 11.6 Å². The summed E-state index contributed by atoms with van der Waals surface area (Å²) in [4.78, 5) is 35.5. The largest absolute Gasteiger partial charge is 0.450 e. The molecule has 1 aromatic carbocycles. The third kappa shape index (κ3) is 5.42. The number of hydrogen-bond acceptors (Lipinski definition) is 9. The minimum Gasteiger partial charge on any atom is -0.450 e. The Morgan fingerprint density at radius 1 is 1.42 bits per heavy atom. The first-order chi connectivity index (χ1) is 17.0. The van der Waals surface area contributed by atoms with Gasteiger partial charge in [-0.05, 0) is 37.8 Å². The van der Waals surface area contributed by atoms with Crippen LogP contribution < -0.4 is 21.0 Å². The molecule has 2 aromatic rings. The van der Waals surface area contributed by atoms with E-state index < -0.39 is 36.0 Å². The molecule has 3 N–H and O–H groups in total. The number of carbonyl (C=O) groups is 2. The third-order valence-corrected chi connectivity index (χ3v) is 4.99. The Hall–Kier alpha value is -3.62. The average molecular weight is 496 g/mol. The van der Waals surface area contributed by atoms with Gasteiger partial charge in [-0.1, -0.05) is 30.1 Å². The molecular weight excluding hydrogens is 475 g/mol. The van der Waals surface area contributed by atoms with Crippen molar-refractivity contribution in [3.8, 4) is 17.7 Å². The molecule has 11 nitrogen and oxygen atoms in total. The highest BCUT2D eigenvalue weighted by Crippen LogP contribution is 2.41. The topological polar surface area (TPSA) is 159 Å². The number of nitriles is 1. The van der Waals surface area contributed by atoms with Gasteiger partial charge in [0, 0.05) is 15.2 Å². The van der Waals surface area contributed by atoms with Crippen molar-refractivity contribution in [3.05, 3.63) is 43.7 Å². The maximum Gasteiger partial charge on any atom is 0.414 e. The van der Waals surface area contributed by atoms with Crippen LogP contribution in [0.4, 0.5) is 10.5 Å². The molecule has 1 atom stereocenters. The van der Waals surface area contributed by atoms with Gasteiger partial charge in [0.15, 0.2) is 5.75 Å². The van der Waals surface area contributed by atoms with Gasteiger partial charge in [0.05, 0.1) is 22.3 Å². The molecule has 0 bridgehead atoms. The zero-order valence-electron chi connectivity index (χ0n) is 20.0. The molecule has 1 heterocycles. The highest BCUT2D eigenvalue weighted by molar-refractivity contribution is 6.47.